The number of benzene rings is 1. The van der Waals surface area contributed by atoms with Crippen LogP contribution in [0.4, 0.5) is 5.69 Å². The van der Waals surface area contributed by atoms with Crippen molar-refractivity contribution >= 4 is 15.7 Å². The number of aromatic nitrogens is 2. The van der Waals surface area contributed by atoms with Gasteiger partial charge in [0.1, 0.15) is 5.82 Å². The Bertz CT molecular complexity index is 996. The van der Waals surface area contributed by atoms with Gasteiger partial charge in [-0.2, -0.15) is 4.31 Å². The number of non-ortho nitro benzene ring substituents is 1. The zero-order valence-electron chi connectivity index (χ0n) is 16.3. The quantitative estimate of drug-likeness (QED) is 0.544. The molecule has 2 heterocycles. The lowest BCUT2D eigenvalue weighted by Crippen LogP contribution is -2.39. The van der Waals surface area contributed by atoms with Crippen LogP contribution in [0.3, 0.4) is 0 Å². The van der Waals surface area contributed by atoms with Crippen LogP contribution in [0.25, 0.3) is 0 Å². The Morgan fingerprint density at radius 3 is 2.62 bits per heavy atom. The van der Waals surface area contributed by atoms with Crippen molar-refractivity contribution in [3.8, 4) is 0 Å². The summed E-state index contributed by atoms with van der Waals surface area (Å²) in [7, 11) is -3.82. The number of sulfonamides is 1. The molecule has 1 aliphatic carbocycles. The van der Waals surface area contributed by atoms with Crippen LogP contribution in [0.2, 0.25) is 0 Å². The summed E-state index contributed by atoms with van der Waals surface area (Å²) in [6.45, 7) is 4.68. The second-order valence-electron chi connectivity index (χ2n) is 7.76. The minimum atomic E-state index is -3.82. The van der Waals surface area contributed by atoms with Crippen LogP contribution in [0.5, 0.6) is 0 Å². The van der Waals surface area contributed by atoms with Crippen LogP contribution in [0.15, 0.2) is 41.6 Å². The Labute approximate surface area is 169 Å². The third kappa shape index (κ3) is 3.67. The molecule has 0 radical (unpaired) electrons. The number of imidazole rings is 1. The molecule has 2 aromatic rings. The van der Waals surface area contributed by atoms with Gasteiger partial charge < -0.3 is 9.88 Å². The fourth-order valence-electron chi connectivity index (χ4n) is 4.35. The number of piperidine rings is 1. The number of rotatable bonds is 7. The SMILES string of the molecule is CCn1ccnc1CN(C1CC12CCNCC2)S(=O)(=O)c1ccc([N+](=O)[O-])cc1. The number of nitrogens with zero attached hydrogens (tertiary/aromatic N) is 4. The first-order chi connectivity index (χ1) is 13.9. The van der Waals surface area contributed by atoms with Gasteiger partial charge in [-0.05, 0) is 56.8 Å². The zero-order chi connectivity index (χ0) is 20.6. The van der Waals surface area contributed by atoms with Gasteiger partial charge in [-0.1, -0.05) is 0 Å². The topological polar surface area (TPSA) is 110 Å². The molecule has 1 N–H and O–H groups in total. The van der Waals surface area contributed by atoms with E-state index in [1.807, 2.05) is 17.7 Å². The summed E-state index contributed by atoms with van der Waals surface area (Å²) >= 11 is 0. The summed E-state index contributed by atoms with van der Waals surface area (Å²) in [5.74, 6) is 0.703. The fourth-order valence-corrected chi connectivity index (χ4v) is 6.02. The predicted molar refractivity (Wildman–Crippen MR) is 107 cm³/mol. The smallest absolute Gasteiger partial charge is 0.269 e. The molecule has 1 unspecified atom stereocenters. The maximum atomic E-state index is 13.6. The molecule has 1 aromatic heterocycles. The highest BCUT2D eigenvalue weighted by molar-refractivity contribution is 7.89. The Morgan fingerprint density at radius 1 is 1.31 bits per heavy atom. The summed E-state index contributed by atoms with van der Waals surface area (Å²) in [6.07, 6.45) is 6.27. The van der Waals surface area contributed by atoms with Crippen LogP contribution in [0, 0.1) is 15.5 Å². The van der Waals surface area contributed by atoms with Crippen molar-refractivity contribution in [2.24, 2.45) is 5.41 Å². The van der Waals surface area contributed by atoms with Crippen molar-refractivity contribution in [1.82, 2.24) is 19.2 Å². The van der Waals surface area contributed by atoms with E-state index in [1.165, 1.54) is 24.3 Å². The van der Waals surface area contributed by atoms with Crippen LogP contribution in [0.1, 0.15) is 32.0 Å². The molecule has 156 valence electrons. The summed E-state index contributed by atoms with van der Waals surface area (Å²) < 4.78 is 30.6. The van der Waals surface area contributed by atoms with Crippen molar-refractivity contribution in [2.75, 3.05) is 13.1 Å². The van der Waals surface area contributed by atoms with Crippen molar-refractivity contribution in [3.05, 3.63) is 52.6 Å². The molecule has 1 aromatic carbocycles. The summed E-state index contributed by atoms with van der Waals surface area (Å²) in [6, 6.07) is 5.05. The monoisotopic (exact) mass is 419 g/mol. The molecule has 2 fully saturated rings. The van der Waals surface area contributed by atoms with Crippen LogP contribution in [-0.4, -0.2) is 46.3 Å². The minimum Gasteiger partial charge on any atom is -0.334 e. The van der Waals surface area contributed by atoms with E-state index in [0.717, 1.165) is 32.4 Å². The van der Waals surface area contributed by atoms with Gasteiger partial charge in [-0.25, -0.2) is 13.4 Å². The normalized spacial score (nSPS) is 20.8. The van der Waals surface area contributed by atoms with E-state index in [2.05, 4.69) is 10.3 Å². The maximum Gasteiger partial charge on any atom is 0.269 e. The second kappa shape index (κ2) is 7.51. The summed E-state index contributed by atoms with van der Waals surface area (Å²) in [4.78, 5) is 14.8. The molecule has 29 heavy (non-hydrogen) atoms. The average molecular weight is 420 g/mol. The van der Waals surface area contributed by atoms with Gasteiger partial charge in [0.05, 0.1) is 16.4 Å². The van der Waals surface area contributed by atoms with Crippen molar-refractivity contribution in [1.29, 1.82) is 0 Å². The zero-order valence-corrected chi connectivity index (χ0v) is 17.1. The number of hydrogen-bond acceptors (Lipinski definition) is 6. The van der Waals surface area contributed by atoms with Gasteiger partial charge in [-0.15, -0.1) is 0 Å². The third-order valence-electron chi connectivity index (χ3n) is 6.19. The molecular formula is C19H25N5O4S. The molecular weight excluding hydrogens is 394 g/mol. The number of hydrogen-bond donors (Lipinski definition) is 1. The van der Waals surface area contributed by atoms with Gasteiger partial charge in [0.15, 0.2) is 0 Å². The van der Waals surface area contributed by atoms with Crippen LogP contribution >= 0.6 is 0 Å². The number of nitrogens with one attached hydrogen (secondary N) is 1. The second-order valence-corrected chi connectivity index (χ2v) is 9.65. The van der Waals surface area contributed by atoms with E-state index in [4.69, 9.17) is 0 Å². The molecule has 1 atom stereocenters. The van der Waals surface area contributed by atoms with Crippen LogP contribution in [-0.2, 0) is 23.1 Å². The van der Waals surface area contributed by atoms with Gasteiger partial charge in [0, 0.05) is 37.1 Å². The molecule has 0 bridgehead atoms. The van der Waals surface area contributed by atoms with E-state index in [-0.39, 0.29) is 28.6 Å². The van der Waals surface area contributed by atoms with Crippen molar-refractivity contribution in [3.63, 3.8) is 0 Å². The lowest BCUT2D eigenvalue weighted by Gasteiger charge is -2.29. The first-order valence-corrected chi connectivity index (χ1v) is 11.3. The Balaban J connectivity index is 1.68. The Hall–Kier alpha value is -2.30. The first kappa shape index (κ1) is 20.0. The minimum absolute atomic E-state index is 0.0166. The summed E-state index contributed by atoms with van der Waals surface area (Å²) in [5.41, 5.74) is -0.110. The average Bonchev–Trinajstić information content (AvgIpc) is 3.19. The molecule has 9 nitrogen and oxygen atoms in total. The molecule has 1 spiro atoms. The fraction of sp³-hybridized carbons (Fsp3) is 0.526. The van der Waals surface area contributed by atoms with Crippen molar-refractivity contribution in [2.45, 2.75) is 50.2 Å². The van der Waals surface area contributed by atoms with E-state index in [1.54, 1.807) is 10.5 Å². The number of nitro groups is 1. The van der Waals surface area contributed by atoms with E-state index < -0.39 is 14.9 Å². The van der Waals surface area contributed by atoms with E-state index in [9.17, 15) is 18.5 Å². The highest BCUT2D eigenvalue weighted by atomic mass is 32.2. The maximum absolute atomic E-state index is 13.6. The van der Waals surface area contributed by atoms with Gasteiger partial charge in [0.25, 0.3) is 5.69 Å². The number of aryl methyl sites for hydroxylation is 1. The molecule has 1 aliphatic heterocycles. The molecule has 1 saturated heterocycles. The first-order valence-electron chi connectivity index (χ1n) is 9.84. The molecule has 10 heteroatoms. The van der Waals surface area contributed by atoms with Crippen LogP contribution < -0.4 is 5.32 Å². The Kier molecular flexibility index (Phi) is 5.18. The molecule has 0 amide bonds. The van der Waals surface area contributed by atoms with Gasteiger partial charge in [-0.3, -0.25) is 10.1 Å². The standard InChI is InChI=1S/C19H25N5O4S/c1-2-22-12-11-21-18(22)14-23(17-13-19(17)7-9-20-10-8-19)29(27,28)16-5-3-15(4-6-16)24(25)26/h3-6,11-12,17,20H,2,7-10,13-14H2,1H3. The van der Waals surface area contributed by atoms with E-state index >= 15 is 0 Å². The lowest BCUT2D eigenvalue weighted by atomic mass is 9.94. The van der Waals surface area contributed by atoms with Gasteiger partial charge in [0.2, 0.25) is 10.0 Å². The number of nitro benzene ring substituents is 1. The third-order valence-corrected chi connectivity index (χ3v) is 8.06. The van der Waals surface area contributed by atoms with E-state index in [0.29, 0.717) is 12.4 Å². The lowest BCUT2D eigenvalue weighted by molar-refractivity contribution is -0.384. The van der Waals surface area contributed by atoms with Gasteiger partial charge >= 0.3 is 0 Å². The predicted octanol–water partition coefficient (Wildman–Crippen LogP) is 2.14. The molecule has 4 rings (SSSR count). The molecule has 1 saturated carbocycles. The summed E-state index contributed by atoms with van der Waals surface area (Å²) in [5, 5.41) is 14.3. The largest absolute Gasteiger partial charge is 0.334 e. The molecule has 2 aliphatic rings. The Morgan fingerprint density at radius 2 is 2.00 bits per heavy atom. The van der Waals surface area contributed by atoms with Crippen molar-refractivity contribution < 1.29 is 13.3 Å². The highest BCUT2D eigenvalue weighted by Gasteiger charge is 2.59. The highest BCUT2D eigenvalue weighted by Crippen LogP contribution is 2.57.